The average molecular weight is 635 g/mol. The summed E-state index contributed by atoms with van der Waals surface area (Å²) < 4.78 is 27.9. The van der Waals surface area contributed by atoms with Crippen LogP contribution in [0.25, 0.3) is 0 Å². The molecule has 0 radical (unpaired) electrons. The zero-order valence-corrected chi connectivity index (χ0v) is 25.0. The monoisotopic (exact) mass is 634 g/mol. The van der Waals surface area contributed by atoms with Crippen molar-refractivity contribution >= 4 is 46.3 Å². The van der Waals surface area contributed by atoms with Crippen molar-refractivity contribution in [1.29, 1.82) is 0 Å². The molecule has 4 atom stereocenters. The highest BCUT2D eigenvalue weighted by Gasteiger charge is 2.58. The smallest absolute Gasteiger partial charge is 0.323 e. The molecular weight excluding hydrogens is 606 g/mol. The number of carbonyl (C=O) groups is 3. The van der Waals surface area contributed by atoms with Gasteiger partial charge >= 0.3 is 6.03 Å². The van der Waals surface area contributed by atoms with E-state index in [4.69, 9.17) is 11.6 Å². The summed E-state index contributed by atoms with van der Waals surface area (Å²) in [4.78, 5) is 47.1. The van der Waals surface area contributed by atoms with Gasteiger partial charge in [0.15, 0.2) is 5.78 Å². The Hall–Kier alpha value is -4.12. The molecule has 3 aromatic carbocycles. The van der Waals surface area contributed by atoms with Crippen LogP contribution in [0, 0.1) is 17.6 Å². The molecule has 2 saturated heterocycles. The van der Waals surface area contributed by atoms with Gasteiger partial charge in [0.1, 0.15) is 17.7 Å². The first-order chi connectivity index (χ1) is 21.3. The summed E-state index contributed by atoms with van der Waals surface area (Å²) in [5.41, 5.74) is 1.49. The number of benzene rings is 3. The molecule has 0 aliphatic carbocycles. The number of Topliss-reactive ketones (excluding diaryl/α,β-unsaturated/α-hetero) is 1. The lowest BCUT2D eigenvalue weighted by Crippen LogP contribution is -2.55. The number of halogens is 3. The highest BCUT2D eigenvalue weighted by atomic mass is 35.5. The predicted octanol–water partition coefficient (Wildman–Crippen LogP) is 6.35. The molecule has 0 spiro atoms. The second-order valence-corrected chi connectivity index (χ2v) is 12.2. The highest BCUT2D eigenvalue weighted by molar-refractivity contribution is 7.12. The predicted molar refractivity (Wildman–Crippen MR) is 166 cm³/mol. The van der Waals surface area contributed by atoms with Crippen LogP contribution in [-0.2, 0) is 4.79 Å². The van der Waals surface area contributed by atoms with Crippen molar-refractivity contribution in [3.8, 4) is 0 Å². The summed E-state index contributed by atoms with van der Waals surface area (Å²) in [6, 6.07) is 18.7. The van der Waals surface area contributed by atoms with Gasteiger partial charge in [0, 0.05) is 42.8 Å². The zero-order valence-electron chi connectivity index (χ0n) is 23.5. The molecule has 226 valence electrons. The molecule has 0 saturated carbocycles. The highest BCUT2D eigenvalue weighted by Crippen LogP contribution is 2.52. The molecule has 6 rings (SSSR count). The molecule has 7 nitrogen and oxygen atoms in total. The number of likely N-dealkylation sites (tertiary alicyclic amines) is 1. The number of hydrogen-bond donors (Lipinski definition) is 2. The van der Waals surface area contributed by atoms with Crippen LogP contribution in [0.2, 0.25) is 5.02 Å². The van der Waals surface area contributed by atoms with Gasteiger partial charge in [-0.05, 0) is 71.1 Å². The van der Waals surface area contributed by atoms with Crippen molar-refractivity contribution < 1.29 is 23.2 Å². The van der Waals surface area contributed by atoms with Crippen molar-refractivity contribution in [2.45, 2.75) is 18.0 Å². The molecule has 4 unspecified atom stereocenters. The van der Waals surface area contributed by atoms with Crippen LogP contribution in [0.3, 0.4) is 0 Å². The minimum atomic E-state index is -1.10. The molecule has 11 heteroatoms. The van der Waals surface area contributed by atoms with E-state index in [9.17, 15) is 23.2 Å². The number of thiophene rings is 1. The number of nitrogens with zero attached hydrogens (tertiary/aromatic N) is 2. The number of urea groups is 1. The first-order valence-electron chi connectivity index (χ1n) is 14.2. The van der Waals surface area contributed by atoms with Crippen molar-refractivity contribution in [1.82, 2.24) is 15.1 Å². The number of rotatable bonds is 6. The average Bonchev–Trinajstić information content (AvgIpc) is 3.70. The number of nitrogens with one attached hydrogen (secondary N) is 2. The number of hydrogen-bond acceptors (Lipinski definition) is 5. The molecule has 2 N–H and O–H groups in total. The lowest BCUT2D eigenvalue weighted by atomic mass is 9.77. The summed E-state index contributed by atoms with van der Waals surface area (Å²) >= 11 is 7.53. The van der Waals surface area contributed by atoms with E-state index in [2.05, 4.69) is 10.6 Å². The standard InChI is InChI=1S/C33H29ClF2N4O3S/c34-22-7-3-20(4-8-22)27-28(31(41)26-2-1-19-44-26)29(21-5-9-23(35)10-6-21)40(30(27)32(42)39-17-15-37-16-18-39)33(43)38-25-13-11-24(36)12-14-25/h1-14,19,27-30,37H,15-18H2,(H,38,43). The number of anilines is 1. The maximum atomic E-state index is 14.6. The lowest BCUT2D eigenvalue weighted by molar-refractivity contribution is -0.136. The molecule has 2 fully saturated rings. The summed E-state index contributed by atoms with van der Waals surface area (Å²) in [5.74, 6) is -3.14. The normalized spacial score (nSPS) is 21.7. The summed E-state index contributed by atoms with van der Waals surface area (Å²) in [6.45, 7) is 2.04. The van der Waals surface area contributed by atoms with Crippen LogP contribution >= 0.6 is 22.9 Å². The van der Waals surface area contributed by atoms with Gasteiger partial charge in [0.2, 0.25) is 5.91 Å². The number of carbonyl (C=O) groups excluding carboxylic acids is 3. The largest absolute Gasteiger partial charge is 0.338 e. The lowest BCUT2D eigenvalue weighted by Gasteiger charge is -2.36. The Morgan fingerprint density at radius 2 is 1.45 bits per heavy atom. The fraction of sp³-hybridized carbons (Fsp3) is 0.242. The van der Waals surface area contributed by atoms with Gasteiger partial charge in [0.25, 0.3) is 0 Å². The Bertz CT molecular complexity index is 1630. The third-order valence-corrected chi connectivity index (χ3v) is 9.35. The van der Waals surface area contributed by atoms with Gasteiger partial charge in [-0.15, -0.1) is 11.3 Å². The fourth-order valence-corrected chi connectivity index (χ4v) is 7.06. The number of amides is 3. The van der Waals surface area contributed by atoms with E-state index >= 15 is 0 Å². The first-order valence-corrected chi connectivity index (χ1v) is 15.5. The fourth-order valence-electron chi connectivity index (χ4n) is 6.22. The van der Waals surface area contributed by atoms with Crippen molar-refractivity contribution in [3.63, 3.8) is 0 Å². The molecular formula is C33H29ClF2N4O3S. The van der Waals surface area contributed by atoms with E-state index in [0.717, 1.165) is 0 Å². The van der Waals surface area contributed by atoms with Gasteiger partial charge in [-0.2, -0.15) is 0 Å². The maximum absolute atomic E-state index is 14.6. The summed E-state index contributed by atoms with van der Waals surface area (Å²) in [7, 11) is 0. The Labute approximate surface area is 262 Å². The van der Waals surface area contributed by atoms with Crippen LogP contribution in [0.5, 0.6) is 0 Å². The first kappa shape index (κ1) is 29.9. The molecule has 44 heavy (non-hydrogen) atoms. The van der Waals surface area contributed by atoms with Crippen LogP contribution in [0.15, 0.2) is 90.3 Å². The molecule has 3 heterocycles. The molecule has 1 aromatic heterocycles. The van der Waals surface area contributed by atoms with E-state index in [-0.39, 0.29) is 11.7 Å². The van der Waals surface area contributed by atoms with Gasteiger partial charge in [0.05, 0.1) is 16.8 Å². The molecule has 2 aliphatic heterocycles. The number of ketones is 1. The van der Waals surface area contributed by atoms with Crippen molar-refractivity contribution in [3.05, 3.63) is 123 Å². The summed E-state index contributed by atoms with van der Waals surface area (Å²) in [6.07, 6.45) is 0. The Morgan fingerprint density at radius 3 is 2.07 bits per heavy atom. The molecule has 3 amide bonds. The van der Waals surface area contributed by atoms with Gasteiger partial charge < -0.3 is 20.4 Å². The molecule has 0 bridgehead atoms. The Morgan fingerprint density at radius 1 is 0.841 bits per heavy atom. The number of piperazine rings is 1. The molecule has 4 aromatic rings. The zero-order chi connectivity index (χ0) is 30.8. The summed E-state index contributed by atoms with van der Waals surface area (Å²) in [5, 5.41) is 8.35. The maximum Gasteiger partial charge on any atom is 0.323 e. The minimum Gasteiger partial charge on any atom is -0.338 e. The van der Waals surface area contributed by atoms with Crippen molar-refractivity contribution in [2.75, 3.05) is 31.5 Å². The molecule has 2 aliphatic rings. The third kappa shape index (κ3) is 5.97. The van der Waals surface area contributed by atoms with Gasteiger partial charge in [-0.1, -0.05) is 41.9 Å². The van der Waals surface area contributed by atoms with Gasteiger partial charge in [-0.25, -0.2) is 13.6 Å². The minimum absolute atomic E-state index is 0.232. The van der Waals surface area contributed by atoms with Crippen LogP contribution < -0.4 is 10.6 Å². The van der Waals surface area contributed by atoms with E-state index in [1.807, 2.05) is 0 Å². The van der Waals surface area contributed by atoms with E-state index in [1.54, 1.807) is 58.8 Å². The second kappa shape index (κ2) is 12.9. The topological polar surface area (TPSA) is 81.8 Å². The Kier molecular flexibility index (Phi) is 8.74. The SMILES string of the molecule is O=C(c1cccs1)C1C(c2ccc(Cl)cc2)C(C(=O)N2CCNCC2)N(C(=O)Nc2ccc(F)cc2)C1c1ccc(F)cc1. The van der Waals surface area contributed by atoms with E-state index < -0.39 is 41.6 Å². The third-order valence-electron chi connectivity index (χ3n) is 8.21. The second-order valence-electron chi connectivity index (χ2n) is 10.8. The van der Waals surface area contributed by atoms with Crippen molar-refractivity contribution in [2.24, 2.45) is 5.92 Å². The van der Waals surface area contributed by atoms with E-state index in [0.29, 0.717) is 52.9 Å². The van der Waals surface area contributed by atoms with Gasteiger partial charge in [-0.3, -0.25) is 9.59 Å². The van der Waals surface area contributed by atoms with E-state index in [1.165, 1.54) is 52.6 Å². The Balaban J connectivity index is 1.56. The van der Waals surface area contributed by atoms with Crippen LogP contribution in [0.1, 0.15) is 32.8 Å². The van der Waals surface area contributed by atoms with Crippen LogP contribution in [-0.4, -0.2) is 59.7 Å². The quantitative estimate of drug-likeness (QED) is 0.242. The van der Waals surface area contributed by atoms with Crippen LogP contribution in [0.4, 0.5) is 19.3 Å².